The topological polar surface area (TPSA) is 74.7 Å². The number of carboxylic acids is 1. The van der Waals surface area contributed by atoms with Crippen LogP contribution in [0.1, 0.15) is 46.9 Å². The standard InChI is InChI=1S/C14H15NO4.ClH/c1-2-3-8-11(14(18)19)15-12(16)9-6-4-5-7-10(9)13(15)17;/h4-7,11H,2-3,8H2,1H3,(H,18,19);1H. The van der Waals surface area contributed by atoms with Gasteiger partial charge < -0.3 is 5.11 Å². The fourth-order valence-electron chi connectivity index (χ4n) is 2.25. The molecule has 1 N–H and O–H groups in total. The van der Waals surface area contributed by atoms with Gasteiger partial charge in [-0.2, -0.15) is 0 Å². The number of fused-ring (bicyclic) bond motifs is 1. The largest absolute Gasteiger partial charge is 0.480 e. The van der Waals surface area contributed by atoms with Gasteiger partial charge in [-0.1, -0.05) is 31.9 Å². The van der Waals surface area contributed by atoms with Crippen LogP contribution in [0, 0.1) is 0 Å². The fraction of sp³-hybridized carbons (Fsp3) is 0.357. The third-order valence-electron chi connectivity index (χ3n) is 3.25. The maximum Gasteiger partial charge on any atom is 0.326 e. The van der Waals surface area contributed by atoms with E-state index in [9.17, 15) is 19.5 Å². The minimum Gasteiger partial charge on any atom is -0.480 e. The maximum absolute atomic E-state index is 12.2. The van der Waals surface area contributed by atoms with Gasteiger partial charge in [0.25, 0.3) is 11.8 Å². The van der Waals surface area contributed by atoms with Crippen molar-refractivity contribution < 1.29 is 19.5 Å². The van der Waals surface area contributed by atoms with E-state index in [0.29, 0.717) is 6.42 Å². The molecule has 20 heavy (non-hydrogen) atoms. The van der Waals surface area contributed by atoms with Crippen molar-refractivity contribution in [3.63, 3.8) is 0 Å². The second-order valence-corrected chi connectivity index (χ2v) is 4.52. The van der Waals surface area contributed by atoms with Crippen LogP contribution in [0.25, 0.3) is 0 Å². The lowest BCUT2D eigenvalue weighted by Gasteiger charge is -2.22. The summed E-state index contributed by atoms with van der Waals surface area (Å²) in [5.74, 6) is -2.16. The average molecular weight is 298 g/mol. The monoisotopic (exact) mass is 297 g/mol. The molecule has 0 saturated carbocycles. The van der Waals surface area contributed by atoms with Gasteiger partial charge in [0.15, 0.2) is 0 Å². The number of hydrogen-bond donors (Lipinski definition) is 1. The smallest absolute Gasteiger partial charge is 0.326 e. The number of unbranched alkanes of at least 4 members (excludes halogenated alkanes) is 1. The molecule has 1 unspecified atom stereocenters. The summed E-state index contributed by atoms with van der Waals surface area (Å²) in [4.78, 5) is 36.5. The van der Waals surface area contributed by atoms with Crippen molar-refractivity contribution in [2.75, 3.05) is 0 Å². The molecule has 0 aromatic heterocycles. The van der Waals surface area contributed by atoms with Gasteiger partial charge in [0.05, 0.1) is 11.1 Å². The van der Waals surface area contributed by atoms with E-state index in [1.165, 1.54) is 0 Å². The number of rotatable bonds is 5. The fourth-order valence-corrected chi connectivity index (χ4v) is 2.25. The molecule has 0 bridgehead atoms. The number of aliphatic carboxylic acids is 1. The van der Waals surface area contributed by atoms with Crippen LogP contribution in [-0.2, 0) is 4.79 Å². The summed E-state index contributed by atoms with van der Waals surface area (Å²) in [6.07, 6.45) is 1.76. The molecular weight excluding hydrogens is 282 g/mol. The Bertz CT molecular complexity index is 509. The first-order valence-electron chi connectivity index (χ1n) is 6.27. The van der Waals surface area contributed by atoms with Gasteiger partial charge in [-0.3, -0.25) is 14.5 Å². The van der Waals surface area contributed by atoms with Gasteiger partial charge >= 0.3 is 5.97 Å². The lowest BCUT2D eigenvalue weighted by Crippen LogP contribution is -2.44. The summed E-state index contributed by atoms with van der Waals surface area (Å²) in [5.41, 5.74) is 0.575. The number of benzene rings is 1. The molecule has 2 amide bonds. The highest BCUT2D eigenvalue weighted by atomic mass is 35.5. The molecule has 0 saturated heterocycles. The van der Waals surface area contributed by atoms with Gasteiger partial charge in [-0.05, 0) is 18.6 Å². The van der Waals surface area contributed by atoms with Crippen LogP contribution >= 0.6 is 12.4 Å². The quantitative estimate of drug-likeness (QED) is 0.847. The van der Waals surface area contributed by atoms with Crippen LogP contribution in [0.15, 0.2) is 24.3 Å². The Kier molecular flexibility index (Phi) is 5.27. The van der Waals surface area contributed by atoms with Crippen LogP contribution in [0.4, 0.5) is 0 Å². The van der Waals surface area contributed by atoms with E-state index in [2.05, 4.69) is 0 Å². The SMILES string of the molecule is CCCCC(C(=O)O)N1C(=O)c2ccccc2C1=O.Cl. The number of carbonyl (C=O) groups is 3. The van der Waals surface area contributed by atoms with Gasteiger partial charge in [0.2, 0.25) is 0 Å². The third-order valence-corrected chi connectivity index (χ3v) is 3.25. The summed E-state index contributed by atoms with van der Waals surface area (Å²) in [7, 11) is 0. The van der Waals surface area contributed by atoms with Crippen molar-refractivity contribution in [3.05, 3.63) is 35.4 Å². The number of hydrogen-bond acceptors (Lipinski definition) is 3. The van der Waals surface area contributed by atoms with E-state index in [4.69, 9.17) is 0 Å². The van der Waals surface area contributed by atoms with E-state index >= 15 is 0 Å². The minimum atomic E-state index is -1.14. The molecule has 5 nitrogen and oxygen atoms in total. The summed E-state index contributed by atoms with van der Waals surface area (Å²) < 4.78 is 0. The van der Waals surface area contributed by atoms with Gasteiger partial charge in [-0.25, -0.2) is 4.79 Å². The Morgan fingerprint density at radius 3 is 2.10 bits per heavy atom. The van der Waals surface area contributed by atoms with E-state index < -0.39 is 23.8 Å². The molecule has 1 aliphatic rings. The number of amides is 2. The molecular formula is C14H16ClNO4. The molecule has 2 rings (SSSR count). The van der Waals surface area contributed by atoms with Gasteiger partial charge in [0, 0.05) is 0 Å². The molecule has 0 aliphatic carbocycles. The number of nitrogens with zero attached hydrogens (tertiary/aromatic N) is 1. The van der Waals surface area contributed by atoms with Crippen molar-refractivity contribution in [1.29, 1.82) is 0 Å². The lowest BCUT2D eigenvalue weighted by atomic mass is 10.1. The minimum absolute atomic E-state index is 0. The maximum atomic E-state index is 12.2. The summed E-state index contributed by atoms with van der Waals surface area (Å²) in [5, 5.41) is 9.23. The normalized spacial score (nSPS) is 14.8. The first-order chi connectivity index (χ1) is 9.07. The van der Waals surface area contributed by atoms with Crippen LogP contribution in [0.5, 0.6) is 0 Å². The molecule has 0 radical (unpaired) electrons. The molecule has 0 fully saturated rings. The zero-order chi connectivity index (χ0) is 14.0. The van der Waals surface area contributed by atoms with Gasteiger partial charge in [0.1, 0.15) is 6.04 Å². The molecule has 1 aromatic rings. The van der Waals surface area contributed by atoms with E-state index in [1.54, 1.807) is 24.3 Å². The van der Waals surface area contributed by atoms with E-state index in [1.807, 2.05) is 6.92 Å². The van der Waals surface area contributed by atoms with Crippen molar-refractivity contribution in [1.82, 2.24) is 4.90 Å². The first-order valence-corrected chi connectivity index (χ1v) is 6.27. The second kappa shape index (κ2) is 6.52. The average Bonchev–Trinajstić information content (AvgIpc) is 2.64. The van der Waals surface area contributed by atoms with E-state index in [-0.39, 0.29) is 30.0 Å². The Morgan fingerprint density at radius 1 is 1.20 bits per heavy atom. The summed E-state index contributed by atoms with van der Waals surface area (Å²) in [6, 6.07) is 5.35. The number of carboxylic acid groups (broad SMARTS) is 1. The van der Waals surface area contributed by atoms with Crippen molar-refractivity contribution >= 4 is 30.2 Å². The third kappa shape index (κ3) is 2.67. The molecule has 1 aromatic carbocycles. The molecule has 0 spiro atoms. The Hall–Kier alpha value is -1.88. The summed E-state index contributed by atoms with van der Waals surface area (Å²) in [6.45, 7) is 1.93. The van der Waals surface area contributed by atoms with Crippen LogP contribution in [0.2, 0.25) is 0 Å². The molecule has 1 heterocycles. The highest BCUT2D eigenvalue weighted by molar-refractivity contribution is 6.22. The number of halogens is 1. The van der Waals surface area contributed by atoms with Crippen molar-refractivity contribution in [2.24, 2.45) is 0 Å². The van der Waals surface area contributed by atoms with Crippen LogP contribution < -0.4 is 0 Å². The Balaban J connectivity index is 0.00000200. The highest BCUT2D eigenvalue weighted by Gasteiger charge is 2.42. The molecule has 6 heteroatoms. The second-order valence-electron chi connectivity index (χ2n) is 4.52. The van der Waals surface area contributed by atoms with Crippen molar-refractivity contribution in [2.45, 2.75) is 32.2 Å². The number of imide groups is 1. The van der Waals surface area contributed by atoms with E-state index in [0.717, 1.165) is 11.3 Å². The number of carbonyl (C=O) groups excluding carboxylic acids is 2. The molecule has 1 aliphatic heterocycles. The van der Waals surface area contributed by atoms with Crippen LogP contribution in [-0.4, -0.2) is 33.8 Å². The lowest BCUT2D eigenvalue weighted by molar-refractivity contribution is -0.141. The Labute approximate surface area is 123 Å². The zero-order valence-corrected chi connectivity index (χ0v) is 11.9. The van der Waals surface area contributed by atoms with Crippen molar-refractivity contribution in [3.8, 4) is 0 Å². The molecule has 108 valence electrons. The Morgan fingerprint density at radius 2 is 1.70 bits per heavy atom. The predicted octanol–water partition coefficient (Wildman–Crippen LogP) is 2.35. The first kappa shape index (κ1) is 16.2. The summed E-state index contributed by atoms with van der Waals surface area (Å²) >= 11 is 0. The highest BCUT2D eigenvalue weighted by Crippen LogP contribution is 2.26. The predicted molar refractivity (Wildman–Crippen MR) is 75.1 cm³/mol. The van der Waals surface area contributed by atoms with Crippen LogP contribution in [0.3, 0.4) is 0 Å². The zero-order valence-electron chi connectivity index (χ0n) is 11.0. The van der Waals surface area contributed by atoms with Gasteiger partial charge in [-0.15, -0.1) is 12.4 Å². The molecule has 1 atom stereocenters.